The summed E-state index contributed by atoms with van der Waals surface area (Å²) in [7, 11) is 1.47. The highest BCUT2D eigenvalue weighted by Gasteiger charge is 2.21. The SMILES string of the molecule is COc1ccc(Cl)cc1NC(=O)[C@@H](C)OC(=O)c1cnc(C)cn1. The molecule has 7 nitrogen and oxygen atoms in total. The van der Waals surface area contributed by atoms with Crippen LogP contribution >= 0.6 is 11.6 Å². The van der Waals surface area contributed by atoms with Crippen LogP contribution in [0.3, 0.4) is 0 Å². The average molecular weight is 350 g/mol. The number of hydrogen-bond acceptors (Lipinski definition) is 6. The average Bonchev–Trinajstić information content (AvgIpc) is 2.55. The normalized spacial score (nSPS) is 11.5. The van der Waals surface area contributed by atoms with Crippen molar-refractivity contribution in [3.8, 4) is 5.75 Å². The summed E-state index contributed by atoms with van der Waals surface area (Å²) in [5.74, 6) is -0.817. The highest BCUT2D eigenvalue weighted by atomic mass is 35.5. The first-order valence-electron chi connectivity index (χ1n) is 7.04. The predicted octanol–water partition coefficient (Wildman–Crippen LogP) is 2.63. The van der Waals surface area contributed by atoms with E-state index in [0.29, 0.717) is 22.2 Å². The Bertz CT molecular complexity index is 749. The molecule has 0 aliphatic rings. The monoisotopic (exact) mass is 349 g/mol. The number of carbonyl (C=O) groups is 2. The van der Waals surface area contributed by atoms with Crippen LogP contribution in [-0.2, 0) is 9.53 Å². The topological polar surface area (TPSA) is 90.4 Å². The fourth-order valence-corrected chi connectivity index (χ4v) is 1.96. The smallest absolute Gasteiger partial charge is 0.359 e. The first-order valence-corrected chi connectivity index (χ1v) is 7.42. The number of ether oxygens (including phenoxy) is 2. The molecule has 0 radical (unpaired) electrons. The number of carbonyl (C=O) groups excluding carboxylic acids is 2. The Hall–Kier alpha value is -2.67. The van der Waals surface area contributed by atoms with Crippen LogP contribution in [0.1, 0.15) is 23.1 Å². The minimum Gasteiger partial charge on any atom is -0.495 e. The second-order valence-corrected chi connectivity index (χ2v) is 5.36. The van der Waals surface area contributed by atoms with Crippen molar-refractivity contribution < 1.29 is 19.1 Å². The quantitative estimate of drug-likeness (QED) is 0.834. The van der Waals surface area contributed by atoms with Gasteiger partial charge in [-0.2, -0.15) is 0 Å². The van der Waals surface area contributed by atoms with Gasteiger partial charge in [-0.25, -0.2) is 9.78 Å². The number of nitrogens with one attached hydrogen (secondary N) is 1. The Balaban J connectivity index is 2.03. The van der Waals surface area contributed by atoms with Crippen LogP contribution in [0.4, 0.5) is 5.69 Å². The number of aryl methyl sites for hydroxylation is 1. The van der Waals surface area contributed by atoms with Crippen molar-refractivity contribution in [2.45, 2.75) is 20.0 Å². The lowest BCUT2D eigenvalue weighted by Gasteiger charge is -2.15. The number of amides is 1. The van der Waals surface area contributed by atoms with E-state index in [1.807, 2.05) is 0 Å². The molecule has 0 saturated carbocycles. The van der Waals surface area contributed by atoms with Crippen molar-refractivity contribution in [3.05, 3.63) is 47.0 Å². The highest BCUT2D eigenvalue weighted by Crippen LogP contribution is 2.27. The molecule has 8 heteroatoms. The van der Waals surface area contributed by atoms with Crippen LogP contribution in [-0.4, -0.2) is 35.1 Å². The predicted molar refractivity (Wildman–Crippen MR) is 88.3 cm³/mol. The van der Waals surface area contributed by atoms with Crippen LogP contribution < -0.4 is 10.1 Å². The zero-order valence-electron chi connectivity index (χ0n) is 13.4. The van der Waals surface area contributed by atoms with Crippen LogP contribution in [0.15, 0.2) is 30.6 Å². The molecule has 1 heterocycles. The molecule has 0 bridgehead atoms. The Morgan fingerprint density at radius 3 is 2.62 bits per heavy atom. The first kappa shape index (κ1) is 17.7. The van der Waals surface area contributed by atoms with Crippen LogP contribution in [0.5, 0.6) is 5.75 Å². The Kier molecular flexibility index (Phi) is 5.70. The van der Waals surface area contributed by atoms with Crippen LogP contribution in [0.25, 0.3) is 0 Å². The lowest BCUT2D eigenvalue weighted by atomic mass is 10.2. The van der Waals surface area contributed by atoms with E-state index in [1.54, 1.807) is 19.1 Å². The van der Waals surface area contributed by atoms with Gasteiger partial charge in [-0.15, -0.1) is 0 Å². The van der Waals surface area contributed by atoms with Gasteiger partial charge in [0.2, 0.25) is 0 Å². The molecule has 0 aliphatic heterocycles. The van der Waals surface area contributed by atoms with E-state index in [9.17, 15) is 9.59 Å². The molecule has 126 valence electrons. The lowest BCUT2D eigenvalue weighted by molar-refractivity contribution is -0.123. The Morgan fingerprint density at radius 1 is 1.25 bits per heavy atom. The van der Waals surface area contributed by atoms with Gasteiger partial charge in [-0.3, -0.25) is 9.78 Å². The van der Waals surface area contributed by atoms with Gasteiger partial charge in [-0.05, 0) is 32.0 Å². The number of hydrogen-bond donors (Lipinski definition) is 1. The zero-order chi connectivity index (χ0) is 17.7. The number of methoxy groups -OCH3 is 1. The van der Waals surface area contributed by atoms with Gasteiger partial charge in [0.25, 0.3) is 5.91 Å². The molecule has 2 aromatic rings. The molecule has 1 N–H and O–H groups in total. The van der Waals surface area contributed by atoms with Crippen molar-refractivity contribution in [1.82, 2.24) is 9.97 Å². The molecule has 2 rings (SSSR count). The van der Waals surface area contributed by atoms with E-state index in [-0.39, 0.29) is 5.69 Å². The van der Waals surface area contributed by atoms with Gasteiger partial charge in [0.05, 0.1) is 24.7 Å². The second-order valence-electron chi connectivity index (χ2n) is 4.92. The zero-order valence-corrected chi connectivity index (χ0v) is 14.1. The molecule has 0 unspecified atom stereocenters. The van der Waals surface area contributed by atoms with E-state index in [0.717, 1.165) is 0 Å². The van der Waals surface area contributed by atoms with E-state index >= 15 is 0 Å². The molecule has 1 amide bonds. The Labute approximate surface area is 144 Å². The molecule has 0 spiro atoms. The van der Waals surface area contributed by atoms with E-state index < -0.39 is 18.0 Å². The van der Waals surface area contributed by atoms with Crippen molar-refractivity contribution >= 4 is 29.2 Å². The van der Waals surface area contributed by atoms with Crippen LogP contribution in [0, 0.1) is 6.92 Å². The molecule has 1 atom stereocenters. The number of nitrogens with zero attached hydrogens (tertiary/aromatic N) is 2. The fraction of sp³-hybridized carbons (Fsp3) is 0.250. The summed E-state index contributed by atoms with van der Waals surface area (Å²) in [5.41, 5.74) is 1.08. The molecular formula is C16H16ClN3O4. The van der Waals surface area contributed by atoms with Crippen molar-refractivity contribution in [1.29, 1.82) is 0 Å². The molecular weight excluding hydrogens is 334 g/mol. The summed E-state index contributed by atoms with van der Waals surface area (Å²) >= 11 is 5.91. The maximum Gasteiger partial charge on any atom is 0.359 e. The summed E-state index contributed by atoms with van der Waals surface area (Å²) in [6, 6.07) is 4.80. The third-order valence-electron chi connectivity index (χ3n) is 3.06. The third-order valence-corrected chi connectivity index (χ3v) is 3.30. The number of anilines is 1. The molecule has 0 fully saturated rings. The highest BCUT2D eigenvalue weighted by molar-refractivity contribution is 6.31. The van der Waals surface area contributed by atoms with Gasteiger partial charge >= 0.3 is 5.97 Å². The van der Waals surface area contributed by atoms with Crippen molar-refractivity contribution in [2.75, 3.05) is 12.4 Å². The second kappa shape index (κ2) is 7.74. The summed E-state index contributed by atoms with van der Waals surface area (Å²) < 4.78 is 10.2. The number of aromatic nitrogens is 2. The molecule has 0 aliphatic carbocycles. The van der Waals surface area contributed by atoms with E-state index in [2.05, 4.69) is 15.3 Å². The molecule has 1 aromatic heterocycles. The van der Waals surface area contributed by atoms with Gasteiger partial charge in [0, 0.05) is 11.2 Å². The van der Waals surface area contributed by atoms with Crippen molar-refractivity contribution in [3.63, 3.8) is 0 Å². The maximum absolute atomic E-state index is 12.2. The van der Waals surface area contributed by atoms with E-state index in [1.165, 1.54) is 32.5 Å². The largest absolute Gasteiger partial charge is 0.495 e. The van der Waals surface area contributed by atoms with Gasteiger partial charge < -0.3 is 14.8 Å². The Morgan fingerprint density at radius 2 is 2.00 bits per heavy atom. The third kappa shape index (κ3) is 4.42. The fourth-order valence-electron chi connectivity index (χ4n) is 1.78. The summed E-state index contributed by atoms with van der Waals surface area (Å²) in [6.45, 7) is 3.20. The molecule has 1 aromatic carbocycles. The molecule has 24 heavy (non-hydrogen) atoms. The standard InChI is InChI=1S/C16H16ClN3O4/c1-9-7-19-13(8-18-9)16(22)24-10(2)15(21)20-12-6-11(17)4-5-14(12)23-3/h4-8,10H,1-3H3,(H,20,21)/t10-/m1/s1. The minimum atomic E-state index is -1.04. The van der Waals surface area contributed by atoms with E-state index in [4.69, 9.17) is 21.1 Å². The lowest BCUT2D eigenvalue weighted by Crippen LogP contribution is -2.30. The van der Waals surface area contributed by atoms with Gasteiger partial charge in [0.1, 0.15) is 5.75 Å². The van der Waals surface area contributed by atoms with Gasteiger partial charge in [-0.1, -0.05) is 11.6 Å². The summed E-state index contributed by atoms with van der Waals surface area (Å²) in [5, 5.41) is 3.04. The maximum atomic E-state index is 12.2. The number of rotatable bonds is 5. The molecule has 0 saturated heterocycles. The minimum absolute atomic E-state index is 0.0283. The number of halogens is 1. The van der Waals surface area contributed by atoms with Crippen molar-refractivity contribution in [2.24, 2.45) is 0 Å². The number of benzene rings is 1. The first-order chi connectivity index (χ1) is 11.4. The summed E-state index contributed by atoms with van der Waals surface area (Å²) in [4.78, 5) is 32.0. The van der Waals surface area contributed by atoms with Gasteiger partial charge in [0.15, 0.2) is 11.8 Å². The number of esters is 1. The van der Waals surface area contributed by atoms with Crippen LogP contribution in [0.2, 0.25) is 5.02 Å². The summed E-state index contributed by atoms with van der Waals surface area (Å²) in [6.07, 6.45) is 1.70.